The van der Waals surface area contributed by atoms with Crippen molar-refractivity contribution in [1.29, 1.82) is 0 Å². The van der Waals surface area contributed by atoms with Gasteiger partial charge < -0.3 is 5.73 Å². The van der Waals surface area contributed by atoms with Crippen LogP contribution in [0.15, 0.2) is 55.1 Å². The molecule has 0 aromatic heterocycles. The Hall–Kier alpha value is -1.73. The molecule has 0 bridgehead atoms. The lowest BCUT2D eigenvalue weighted by molar-refractivity contribution is 1.55. The summed E-state index contributed by atoms with van der Waals surface area (Å²) < 4.78 is 0. The first-order valence-electron chi connectivity index (χ1n) is 4.97. The molecule has 0 aliphatic rings. The van der Waals surface area contributed by atoms with Gasteiger partial charge in [-0.15, -0.1) is 0 Å². The van der Waals surface area contributed by atoms with E-state index in [1.54, 1.807) is 0 Å². The highest BCUT2D eigenvalue weighted by atomic mass is 35.5. The van der Waals surface area contributed by atoms with Crippen molar-refractivity contribution in [2.45, 2.75) is 0 Å². The highest BCUT2D eigenvalue weighted by Crippen LogP contribution is 2.23. The van der Waals surface area contributed by atoms with Crippen LogP contribution >= 0.6 is 11.6 Å². The van der Waals surface area contributed by atoms with E-state index in [4.69, 9.17) is 17.3 Å². The second kappa shape index (κ2) is 4.42. The molecule has 16 heavy (non-hydrogen) atoms. The summed E-state index contributed by atoms with van der Waals surface area (Å²) in [6.07, 6.45) is 0. The lowest BCUT2D eigenvalue weighted by Crippen LogP contribution is -1.88. The molecule has 0 fully saturated rings. The number of halogens is 1. The Morgan fingerprint density at radius 1 is 0.875 bits per heavy atom. The Kier molecular flexibility index (Phi) is 2.97. The van der Waals surface area contributed by atoms with E-state index in [1.165, 1.54) is 0 Å². The maximum atomic E-state index is 5.84. The normalized spacial score (nSPS) is 10.1. The first-order valence-corrected chi connectivity index (χ1v) is 5.35. The minimum Gasteiger partial charge on any atom is -0.399 e. The predicted octanol–water partition coefficient (Wildman–Crippen LogP) is 3.98. The fourth-order valence-electron chi connectivity index (χ4n) is 1.50. The summed E-state index contributed by atoms with van der Waals surface area (Å²) in [6, 6.07) is 15.3. The maximum absolute atomic E-state index is 5.84. The Labute approximate surface area is 100 Å². The van der Waals surface area contributed by atoms with E-state index < -0.39 is 0 Å². The molecule has 0 heterocycles. The second-order valence-corrected chi connectivity index (χ2v) is 4.04. The van der Waals surface area contributed by atoms with Crippen molar-refractivity contribution in [2.75, 3.05) is 5.73 Å². The number of hydrogen-bond acceptors (Lipinski definition) is 1. The minimum absolute atomic E-state index is 0.730. The Balaban J connectivity index is 2.32. The van der Waals surface area contributed by atoms with Crippen molar-refractivity contribution in [1.82, 2.24) is 0 Å². The summed E-state index contributed by atoms with van der Waals surface area (Å²) in [5, 5.41) is 0.730. The first-order chi connectivity index (χ1) is 7.66. The van der Waals surface area contributed by atoms with Crippen LogP contribution < -0.4 is 5.73 Å². The molecule has 2 heteroatoms. The number of anilines is 1. The Morgan fingerprint density at radius 3 is 1.81 bits per heavy atom. The summed E-state index contributed by atoms with van der Waals surface area (Å²) in [4.78, 5) is 0. The van der Waals surface area contributed by atoms with Gasteiger partial charge in [0.15, 0.2) is 0 Å². The van der Waals surface area contributed by atoms with E-state index in [9.17, 15) is 0 Å². The SMILES string of the molecule is C=C(c1ccc(N)cc1)c1ccc(Cl)cc1. The van der Waals surface area contributed by atoms with Crippen LogP contribution in [0.2, 0.25) is 5.02 Å². The number of nitrogens with two attached hydrogens (primary N) is 1. The van der Waals surface area contributed by atoms with Crippen LogP contribution in [0.4, 0.5) is 5.69 Å². The third-order valence-corrected chi connectivity index (χ3v) is 2.70. The van der Waals surface area contributed by atoms with E-state index in [-0.39, 0.29) is 0 Å². The van der Waals surface area contributed by atoms with Crippen molar-refractivity contribution in [2.24, 2.45) is 0 Å². The van der Waals surface area contributed by atoms with Gasteiger partial charge in [0, 0.05) is 10.7 Å². The van der Waals surface area contributed by atoms with Crippen molar-refractivity contribution in [3.8, 4) is 0 Å². The van der Waals surface area contributed by atoms with Gasteiger partial charge in [0.05, 0.1) is 0 Å². The standard InChI is InChI=1S/C14H12ClN/c1-10(11-2-6-13(15)7-3-11)12-4-8-14(16)9-5-12/h2-9H,1,16H2. The average Bonchev–Trinajstić information content (AvgIpc) is 2.30. The van der Waals surface area contributed by atoms with Crippen molar-refractivity contribution >= 4 is 22.9 Å². The van der Waals surface area contributed by atoms with Crippen LogP contribution in [-0.4, -0.2) is 0 Å². The highest BCUT2D eigenvalue weighted by molar-refractivity contribution is 6.30. The van der Waals surface area contributed by atoms with Crippen molar-refractivity contribution in [3.63, 3.8) is 0 Å². The van der Waals surface area contributed by atoms with Crippen LogP contribution in [-0.2, 0) is 0 Å². The molecule has 0 spiro atoms. The van der Waals surface area contributed by atoms with Gasteiger partial charge in [0.1, 0.15) is 0 Å². The molecule has 0 unspecified atom stereocenters. The molecule has 0 saturated carbocycles. The van der Waals surface area contributed by atoms with E-state index >= 15 is 0 Å². The third-order valence-electron chi connectivity index (χ3n) is 2.45. The van der Waals surface area contributed by atoms with Gasteiger partial charge in [-0.25, -0.2) is 0 Å². The van der Waals surface area contributed by atoms with E-state index in [2.05, 4.69) is 6.58 Å². The fourth-order valence-corrected chi connectivity index (χ4v) is 1.63. The summed E-state index contributed by atoms with van der Waals surface area (Å²) >= 11 is 5.84. The topological polar surface area (TPSA) is 26.0 Å². The minimum atomic E-state index is 0.730. The van der Waals surface area contributed by atoms with Gasteiger partial charge in [-0.3, -0.25) is 0 Å². The van der Waals surface area contributed by atoms with Crippen LogP contribution in [0.3, 0.4) is 0 Å². The lowest BCUT2D eigenvalue weighted by atomic mass is 10.00. The predicted molar refractivity (Wildman–Crippen MR) is 70.4 cm³/mol. The third kappa shape index (κ3) is 2.26. The van der Waals surface area contributed by atoms with Crippen molar-refractivity contribution in [3.05, 3.63) is 71.3 Å². The molecule has 2 aromatic rings. The van der Waals surface area contributed by atoms with Crippen LogP contribution in [0.1, 0.15) is 11.1 Å². The maximum Gasteiger partial charge on any atom is 0.0406 e. The molecule has 0 radical (unpaired) electrons. The molecule has 2 rings (SSSR count). The van der Waals surface area contributed by atoms with Gasteiger partial charge in [0.2, 0.25) is 0 Å². The molecule has 0 atom stereocenters. The molecule has 1 nitrogen and oxygen atoms in total. The lowest BCUT2D eigenvalue weighted by Gasteiger charge is -2.06. The summed E-state index contributed by atoms with van der Waals surface area (Å²) in [6.45, 7) is 4.07. The molecular formula is C14H12ClN. The van der Waals surface area contributed by atoms with E-state index in [1.807, 2.05) is 48.5 Å². The smallest absolute Gasteiger partial charge is 0.0406 e. The van der Waals surface area contributed by atoms with Crippen LogP contribution in [0.5, 0.6) is 0 Å². The van der Waals surface area contributed by atoms with E-state index in [0.29, 0.717) is 0 Å². The Morgan fingerprint density at radius 2 is 1.31 bits per heavy atom. The number of rotatable bonds is 2. The number of nitrogen functional groups attached to an aromatic ring is 1. The van der Waals surface area contributed by atoms with Gasteiger partial charge in [0.25, 0.3) is 0 Å². The fraction of sp³-hybridized carbons (Fsp3) is 0. The number of benzene rings is 2. The van der Waals surface area contributed by atoms with Crippen molar-refractivity contribution < 1.29 is 0 Å². The Bertz CT molecular complexity index is 450. The summed E-state index contributed by atoms with van der Waals surface area (Å²) in [5.41, 5.74) is 9.49. The zero-order valence-electron chi connectivity index (χ0n) is 8.78. The second-order valence-electron chi connectivity index (χ2n) is 3.61. The molecule has 2 aromatic carbocycles. The van der Waals surface area contributed by atoms with E-state index in [0.717, 1.165) is 27.4 Å². The number of hydrogen-bond donors (Lipinski definition) is 1. The summed E-state index contributed by atoms with van der Waals surface area (Å²) in [5.74, 6) is 0. The zero-order chi connectivity index (χ0) is 11.5. The highest BCUT2D eigenvalue weighted by Gasteiger charge is 2.01. The van der Waals surface area contributed by atoms with Crippen LogP contribution in [0, 0.1) is 0 Å². The van der Waals surface area contributed by atoms with Crippen LogP contribution in [0.25, 0.3) is 5.57 Å². The first kappa shape index (κ1) is 10.8. The van der Waals surface area contributed by atoms with Gasteiger partial charge in [-0.2, -0.15) is 0 Å². The monoisotopic (exact) mass is 229 g/mol. The van der Waals surface area contributed by atoms with Gasteiger partial charge in [-0.05, 0) is 41.0 Å². The molecule has 2 N–H and O–H groups in total. The molecular weight excluding hydrogens is 218 g/mol. The molecule has 80 valence electrons. The zero-order valence-corrected chi connectivity index (χ0v) is 9.54. The molecule has 0 saturated heterocycles. The summed E-state index contributed by atoms with van der Waals surface area (Å²) in [7, 11) is 0. The quantitative estimate of drug-likeness (QED) is 0.775. The molecule has 0 aliphatic carbocycles. The molecule has 0 amide bonds. The van der Waals surface area contributed by atoms with Gasteiger partial charge in [-0.1, -0.05) is 42.4 Å². The molecule has 0 aliphatic heterocycles. The van der Waals surface area contributed by atoms with Gasteiger partial charge >= 0.3 is 0 Å². The average molecular weight is 230 g/mol. The largest absolute Gasteiger partial charge is 0.399 e.